The fourth-order valence-electron chi connectivity index (χ4n) is 3.11. The van der Waals surface area contributed by atoms with E-state index in [1.54, 1.807) is 0 Å². The quantitative estimate of drug-likeness (QED) is 0.906. The first kappa shape index (κ1) is 13.9. The lowest BCUT2D eigenvalue weighted by molar-refractivity contribution is 0.167. The molecule has 1 aromatic carbocycles. The summed E-state index contributed by atoms with van der Waals surface area (Å²) in [6.45, 7) is 7.60. The summed E-state index contributed by atoms with van der Waals surface area (Å²) in [5, 5.41) is 8.84. The first-order valence-electron chi connectivity index (χ1n) is 7.02. The van der Waals surface area contributed by atoms with Gasteiger partial charge in [-0.05, 0) is 55.0 Å². The number of rotatable bonds is 3. The second-order valence-corrected chi connectivity index (χ2v) is 6.13. The minimum absolute atomic E-state index is 0.297. The van der Waals surface area contributed by atoms with Gasteiger partial charge in [0.2, 0.25) is 0 Å². The summed E-state index contributed by atoms with van der Waals surface area (Å²) in [7, 11) is 0. The first-order valence-corrected chi connectivity index (χ1v) is 7.02. The van der Waals surface area contributed by atoms with Gasteiger partial charge in [0.25, 0.3) is 0 Å². The number of anilines is 1. The van der Waals surface area contributed by atoms with Gasteiger partial charge in [-0.2, -0.15) is 5.26 Å². The predicted octanol–water partition coefficient (Wildman–Crippen LogP) is 2.76. The van der Waals surface area contributed by atoms with Crippen molar-refractivity contribution in [2.45, 2.75) is 26.7 Å². The standard InChI is InChI=1S/C16H23N3/c1-16(2)12-19(10-8-14(16)7-9-17)15-5-3-13(11-18)4-6-15/h3-6,14H,7-10,12,17H2,1-2H3. The molecule has 0 saturated carbocycles. The van der Waals surface area contributed by atoms with Crippen molar-refractivity contribution in [2.24, 2.45) is 17.1 Å². The summed E-state index contributed by atoms with van der Waals surface area (Å²) in [5.41, 5.74) is 7.95. The normalized spacial score (nSPS) is 22.0. The number of hydrogen-bond acceptors (Lipinski definition) is 3. The molecule has 0 aliphatic carbocycles. The molecule has 3 nitrogen and oxygen atoms in total. The van der Waals surface area contributed by atoms with Crippen LogP contribution in [0.15, 0.2) is 24.3 Å². The van der Waals surface area contributed by atoms with Crippen LogP contribution in [0.2, 0.25) is 0 Å². The number of benzene rings is 1. The van der Waals surface area contributed by atoms with Gasteiger partial charge >= 0.3 is 0 Å². The van der Waals surface area contributed by atoms with Gasteiger partial charge in [-0.1, -0.05) is 13.8 Å². The predicted molar refractivity (Wildman–Crippen MR) is 78.9 cm³/mol. The van der Waals surface area contributed by atoms with Crippen LogP contribution < -0.4 is 10.6 Å². The summed E-state index contributed by atoms with van der Waals surface area (Å²) in [4.78, 5) is 2.42. The molecule has 2 N–H and O–H groups in total. The highest BCUT2D eigenvalue weighted by molar-refractivity contribution is 5.50. The van der Waals surface area contributed by atoms with Crippen LogP contribution in [0.25, 0.3) is 0 Å². The molecule has 0 radical (unpaired) electrons. The van der Waals surface area contributed by atoms with E-state index in [9.17, 15) is 0 Å². The molecule has 3 heteroatoms. The van der Waals surface area contributed by atoms with Gasteiger partial charge in [0, 0.05) is 18.8 Å². The second kappa shape index (κ2) is 5.63. The van der Waals surface area contributed by atoms with Crippen molar-refractivity contribution in [3.8, 4) is 6.07 Å². The molecule has 2 rings (SSSR count). The van der Waals surface area contributed by atoms with E-state index in [-0.39, 0.29) is 0 Å². The Labute approximate surface area is 116 Å². The maximum absolute atomic E-state index is 8.84. The fourth-order valence-corrected chi connectivity index (χ4v) is 3.11. The zero-order valence-corrected chi connectivity index (χ0v) is 11.9. The second-order valence-electron chi connectivity index (χ2n) is 6.13. The van der Waals surface area contributed by atoms with E-state index < -0.39 is 0 Å². The molecule has 0 amide bonds. The van der Waals surface area contributed by atoms with Crippen LogP contribution >= 0.6 is 0 Å². The third kappa shape index (κ3) is 3.08. The molecule has 1 atom stereocenters. The zero-order chi connectivity index (χ0) is 13.9. The van der Waals surface area contributed by atoms with Gasteiger partial charge in [-0.25, -0.2) is 0 Å². The molecular weight excluding hydrogens is 234 g/mol. The van der Waals surface area contributed by atoms with Crippen molar-refractivity contribution >= 4 is 5.69 Å². The molecule has 1 unspecified atom stereocenters. The average molecular weight is 257 g/mol. The monoisotopic (exact) mass is 257 g/mol. The molecule has 1 aliphatic rings. The van der Waals surface area contributed by atoms with Gasteiger partial charge < -0.3 is 10.6 Å². The molecule has 102 valence electrons. The smallest absolute Gasteiger partial charge is 0.0991 e. The summed E-state index contributed by atoms with van der Waals surface area (Å²) in [5.74, 6) is 0.715. The van der Waals surface area contributed by atoms with Gasteiger partial charge in [0.05, 0.1) is 11.6 Å². The van der Waals surface area contributed by atoms with Crippen LogP contribution in [-0.4, -0.2) is 19.6 Å². The lowest BCUT2D eigenvalue weighted by atomic mass is 9.72. The van der Waals surface area contributed by atoms with Crippen LogP contribution in [0, 0.1) is 22.7 Å². The van der Waals surface area contributed by atoms with E-state index in [0.717, 1.165) is 31.6 Å². The SMILES string of the molecule is CC1(C)CN(c2ccc(C#N)cc2)CCC1CCN. The molecule has 1 saturated heterocycles. The van der Waals surface area contributed by atoms with Crippen LogP contribution in [0.4, 0.5) is 5.69 Å². The van der Waals surface area contributed by atoms with E-state index in [1.807, 2.05) is 12.1 Å². The number of nitriles is 1. The fraction of sp³-hybridized carbons (Fsp3) is 0.562. The first-order chi connectivity index (χ1) is 9.06. The van der Waals surface area contributed by atoms with Gasteiger partial charge in [0.1, 0.15) is 0 Å². The Balaban J connectivity index is 2.09. The average Bonchev–Trinajstić information content (AvgIpc) is 2.41. The maximum atomic E-state index is 8.84. The van der Waals surface area contributed by atoms with Crippen LogP contribution in [-0.2, 0) is 0 Å². The molecule has 0 aromatic heterocycles. The molecule has 0 bridgehead atoms. The van der Waals surface area contributed by atoms with E-state index in [4.69, 9.17) is 11.0 Å². The zero-order valence-electron chi connectivity index (χ0n) is 11.9. The Kier molecular flexibility index (Phi) is 4.11. The summed E-state index contributed by atoms with van der Waals surface area (Å²) in [6, 6.07) is 10.1. The molecule has 1 fully saturated rings. The maximum Gasteiger partial charge on any atom is 0.0991 e. The van der Waals surface area contributed by atoms with Crippen molar-refractivity contribution in [1.82, 2.24) is 0 Å². The van der Waals surface area contributed by atoms with Crippen molar-refractivity contribution < 1.29 is 0 Å². The Morgan fingerprint density at radius 2 is 2.05 bits per heavy atom. The molecular formula is C16H23N3. The van der Waals surface area contributed by atoms with Crippen LogP contribution in [0.1, 0.15) is 32.3 Å². The minimum Gasteiger partial charge on any atom is -0.371 e. The lowest BCUT2D eigenvalue weighted by Crippen LogP contribution is -2.46. The third-order valence-electron chi connectivity index (χ3n) is 4.33. The Hall–Kier alpha value is -1.53. The van der Waals surface area contributed by atoms with Gasteiger partial charge in [0.15, 0.2) is 0 Å². The Morgan fingerprint density at radius 3 is 2.58 bits per heavy atom. The number of piperidine rings is 1. The van der Waals surface area contributed by atoms with E-state index >= 15 is 0 Å². The number of hydrogen-bond donors (Lipinski definition) is 1. The van der Waals surface area contributed by atoms with Crippen LogP contribution in [0.5, 0.6) is 0 Å². The third-order valence-corrected chi connectivity index (χ3v) is 4.33. The van der Waals surface area contributed by atoms with Crippen LogP contribution in [0.3, 0.4) is 0 Å². The van der Waals surface area contributed by atoms with Crippen molar-refractivity contribution in [1.29, 1.82) is 5.26 Å². The topological polar surface area (TPSA) is 53.0 Å². The number of nitrogens with two attached hydrogens (primary N) is 1. The molecule has 1 aromatic rings. The molecule has 1 aliphatic heterocycles. The van der Waals surface area contributed by atoms with E-state index in [1.165, 1.54) is 12.1 Å². The van der Waals surface area contributed by atoms with Gasteiger partial charge in [-0.15, -0.1) is 0 Å². The highest BCUT2D eigenvalue weighted by Crippen LogP contribution is 2.38. The van der Waals surface area contributed by atoms with E-state index in [0.29, 0.717) is 11.3 Å². The lowest BCUT2D eigenvalue weighted by Gasteiger charge is -2.45. The highest BCUT2D eigenvalue weighted by Gasteiger charge is 2.35. The highest BCUT2D eigenvalue weighted by atomic mass is 15.1. The van der Waals surface area contributed by atoms with Crippen molar-refractivity contribution in [3.05, 3.63) is 29.8 Å². The summed E-state index contributed by atoms with van der Waals surface area (Å²) < 4.78 is 0. The minimum atomic E-state index is 0.297. The van der Waals surface area contributed by atoms with Gasteiger partial charge in [-0.3, -0.25) is 0 Å². The van der Waals surface area contributed by atoms with Crippen molar-refractivity contribution in [2.75, 3.05) is 24.5 Å². The Morgan fingerprint density at radius 1 is 1.37 bits per heavy atom. The largest absolute Gasteiger partial charge is 0.371 e. The molecule has 1 heterocycles. The summed E-state index contributed by atoms with van der Waals surface area (Å²) >= 11 is 0. The number of nitrogens with zero attached hydrogens (tertiary/aromatic N) is 2. The molecule has 19 heavy (non-hydrogen) atoms. The van der Waals surface area contributed by atoms with E-state index in [2.05, 4.69) is 36.9 Å². The molecule has 0 spiro atoms. The summed E-state index contributed by atoms with van der Waals surface area (Å²) in [6.07, 6.45) is 2.32. The van der Waals surface area contributed by atoms with Crippen molar-refractivity contribution in [3.63, 3.8) is 0 Å². The Bertz CT molecular complexity index is 456.